The molecule has 1 atom stereocenters. The van der Waals surface area contributed by atoms with E-state index < -0.39 is 0 Å². The van der Waals surface area contributed by atoms with Gasteiger partial charge in [0.1, 0.15) is 11.6 Å². The minimum atomic E-state index is 0.151. The maximum Gasteiger partial charge on any atom is 0.136 e. The van der Waals surface area contributed by atoms with Crippen LogP contribution >= 0.6 is 0 Å². The third kappa shape index (κ3) is 6.70. The van der Waals surface area contributed by atoms with E-state index in [-0.39, 0.29) is 11.8 Å². The summed E-state index contributed by atoms with van der Waals surface area (Å²) in [6, 6.07) is 0. The molecule has 0 bridgehead atoms. The zero-order valence-corrected chi connectivity index (χ0v) is 14.2. The monoisotopic (exact) mass is 296 g/mol. The number of piperazine rings is 1. The molecule has 0 aliphatic carbocycles. The summed E-state index contributed by atoms with van der Waals surface area (Å²) in [5.41, 5.74) is 0. The van der Waals surface area contributed by atoms with Gasteiger partial charge in [0.25, 0.3) is 0 Å². The van der Waals surface area contributed by atoms with E-state index in [9.17, 15) is 9.59 Å². The highest BCUT2D eigenvalue weighted by atomic mass is 16.1. The Balaban J connectivity index is 2.17. The first-order valence-corrected chi connectivity index (χ1v) is 8.44. The number of carbonyl (C=O) groups excluding carboxylic acids is 2. The average Bonchev–Trinajstić information content (AvgIpc) is 2.50. The predicted molar refractivity (Wildman–Crippen MR) is 86.4 cm³/mol. The van der Waals surface area contributed by atoms with Crippen molar-refractivity contribution in [3.63, 3.8) is 0 Å². The first kappa shape index (κ1) is 18.3. The van der Waals surface area contributed by atoms with Gasteiger partial charge in [0.15, 0.2) is 0 Å². The van der Waals surface area contributed by atoms with Gasteiger partial charge in [-0.1, -0.05) is 27.7 Å². The summed E-state index contributed by atoms with van der Waals surface area (Å²) in [5.74, 6) is 1.10. The molecule has 1 aliphatic heterocycles. The molecule has 0 amide bonds. The molecule has 0 spiro atoms. The number of carbonyl (C=O) groups is 2. The van der Waals surface area contributed by atoms with E-state index >= 15 is 0 Å². The second-order valence-corrected chi connectivity index (χ2v) is 6.58. The molecule has 1 fully saturated rings. The molecule has 1 heterocycles. The quantitative estimate of drug-likeness (QED) is 0.654. The van der Waals surface area contributed by atoms with Gasteiger partial charge in [-0.25, -0.2) is 0 Å². The number of ketones is 2. The number of hydrogen-bond donors (Lipinski definition) is 0. The lowest BCUT2D eigenvalue weighted by molar-refractivity contribution is -0.123. The van der Waals surface area contributed by atoms with Crippen LogP contribution < -0.4 is 0 Å². The summed E-state index contributed by atoms with van der Waals surface area (Å²) in [4.78, 5) is 28.2. The smallest absolute Gasteiger partial charge is 0.136 e. The fraction of sp³-hybridized carbons (Fsp3) is 0.882. The average molecular weight is 296 g/mol. The van der Waals surface area contributed by atoms with Crippen LogP contribution in [-0.2, 0) is 9.59 Å². The molecular formula is C17H32N2O2. The van der Waals surface area contributed by atoms with Gasteiger partial charge >= 0.3 is 0 Å². The van der Waals surface area contributed by atoms with E-state index in [1.54, 1.807) is 0 Å². The van der Waals surface area contributed by atoms with Crippen LogP contribution in [0.4, 0.5) is 0 Å². The summed E-state index contributed by atoms with van der Waals surface area (Å²) >= 11 is 0. The maximum absolute atomic E-state index is 11.8. The van der Waals surface area contributed by atoms with Crippen molar-refractivity contribution in [3.05, 3.63) is 0 Å². The van der Waals surface area contributed by atoms with Crippen molar-refractivity contribution in [2.75, 3.05) is 39.3 Å². The van der Waals surface area contributed by atoms with Crippen molar-refractivity contribution in [3.8, 4) is 0 Å². The second kappa shape index (κ2) is 9.31. The highest BCUT2D eigenvalue weighted by Crippen LogP contribution is 2.09. The van der Waals surface area contributed by atoms with Crippen molar-refractivity contribution < 1.29 is 9.59 Å². The molecular weight excluding hydrogens is 264 g/mol. The lowest BCUT2D eigenvalue weighted by Crippen LogP contribution is -2.47. The number of rotatable bonds is 9. The largest absolute Gasteiger partial charge is 0.300 e. The molecule has 4 nitrogen and oxygen atoms in total. The second-order valence-electron chi connectivity index (χ2n) is 6.58. The van der Waals surface area contributed by atoms with E-state index in [0.29, 0.717) is 24.4 Å². The maximum atomic E-state index is 11.8. The highest BCUT2D eigenvalue weighted by Gasteiger charge is 2.19. The number of nitrogens with zero attached hydrogens (tertiary/aromatic N) is 2. The summed E-state index contributed by atoms with van der Waals surface area (Å²) in [5, 5.41) is 0. The minimum Gasteiger partial charge on any atom is -0.300 e. The van der Waals surface area contributed by atoms with Crippen LogP contribution in [0.3, 0.4) is 0 Å². The Labute approximate surface area is 129 Å². The molecule has 0 N–H and O–H groups in total. The third-order valence-corrected chi connectivity index (χ3v) is 4.62. The van der Waals surface area contributed by atoms with Gasteiger partial charge in [0.05, 0.1) is 0 Å². The minimum absolute atomic E-state index is 0.151. The van der Waals surface area contributed by atoms with Gasteiger partial charge < -0.3 is 9.80 Å². The van der Waals surface area contributed by atoms with Crippen LogP contribution in [0, 0.1) is 11.8 Å². The summed E-state index contributed by atoms with van der Waals surface area (Å²) < 4.78 is 0. The predicted octanol–water partition coefficient (Wildman–Crippen LogP) is 2.22. The Kier molecular flexibility index (Phi) is 8.12. The highest BCUT2D eigenvalue weighted by molar-refractivity contribution is 5.81. The SMILES string of the molecule is CCC(C)C(=O)CCN1CCN(CCC(=O)C(C)C)CC1. The Morgan fingerprint density at radius 2 is 1.29 bits per heavy atom. The van der Waals surface area contributed by atoms with Crippen molar-refractivity contribution in [2.45, 2.75) is 47.0 Å². The van der Waals surface area contributed by atoms with Gasteiger partial charge in [0.2, 0.25) is 0 Å². The number of Topliss-reactive ketones (excluding diaryl/α,β-unsaturated/α-hetero) is 2. The Morgan fingerprint density at radius 3 is 1.67 bits per heavy atom. The van der Waals surface area contributed by atoms with Gasteiger partial charge in [-0.3, -0.25) is 9.59 Å². The molecule has 1 rings (SSSR count). The van der Waals surface area contributed by atoms with Crippen LogP contribution in [0.15, 0.2) is 0 Å². The van der Waals surface area contributed by atoms with Crippen molar-refractivity contribution in [1.82, 2.24) is 9.80 Å². The fourth-order valence-electron chi connectivity index (χ4n) is 2.54. The molecule has 122 valence electrons. The van der Waals surface area contributed by atoms with Crippen molar-refractivity contribution >= 4 is 11.6 Å². The van der Waals surface area contributed by atoms with Gasteiger partial charge in [0, 0.05) is 63.9 Å². The molecule has 0 radical (unpaired) electrons. The van der Waals surface area contributed by atoms with Crippen LogP contribution in [0.2, 0.25) is 0 Å². The normalized spacial score (nSPS) is 18.9. The van der Waals surface area contributed by atoms with E-state index in [0.717, 1.165) is 45.7 Å². The molecule has 4 heteroatoms. The zero-order valence-electron chi connectivity index (χ0n) is 14.2. The third-order valence-electron chi connectivity index (χ3n) is 4.62. The topological polar surface area (TPSA) is 40.6 Å². The molecule has 1 unspecified atom stereocenters. The molecule has 1 aliphatic rings. The summed E-state index contributed by atoms with van der Waals surface area (Å²) in [7, 11) is 0. The fourth-order valence-corrected chi connectivity index (χ4v) is 2.54. The molecule has 0 saturated carbocycles. The first-order valence-electron chi connectivity index (χ1n) is 8.44. The zero-order chi connectivity index (χ0) is 15.8. The summed E-state index contributed by atoms with van der Waals surface area (Å²) in [6.45, 7) is 13.9. The van der Waals surface area contributed by atoms with E-state index in [1.807, 2.05) is 20.8 Å². The lowest BCUT2D eigenvalue weighted by Gasteiger charge is -2.34. The van der Waals surface area contributed by atoms with Gasteiger partial charge in [-0.15, -0.1) is 0 Å². The lowest BCUT2D eigenvalue weighted by atomic mass is 10.0. The van der Waals surface area contributed by atoms with Crippen LogP contribution in [0.25, 0.3) is 0 Å². The van der Waals surface area contributed by atoms with E-state index in [1.165, 1.54) is 0 Å². The molecule has 1 saturated heterocycles. The Hall–Kier alpha value is -0.740. The molecule has 0 aromatic rings. The van der Waals surface area contributed by atoms with Crippen LogP contribution in [0.1, 0.15) is 47.0 Å². The van der Waals surface area contributed by atoms with Gasteiger partial charge in [-0.2, -0.15) is 0 Å². The standard InChI is InChI=1S/C17H32N2O2/c1-5-15(4)17(21)7-9-19-12-10-18(11-13-19)8-6-16(20)14(2)3/h14-15H,5-13H2,1-4H3. The Morgan fingerprint density at radius 1 is 0.857 bits per heavy atom. The molecule has 0 aromatic carbocycles. The Bertz CT molecular complexity index is 334. The molecule has 0 aromatic heterocycles. The van der Waals surface area contributed by atoms with Crippen LogP contribution in [-0.4, -0.2) is 60.6 Å². The van der Waals surface area contributed by atoms with E-state index in [2.05, 4.69) is 16.7 Å². The number of hydrogen-bond acceptors (Lipinski definition) is 4. The first-order chi connectivity index (χ1) is 9.93. The van der Waals surface area contributed by atoms with Crippen molar-refractivity contribution in [2.24, 2.45) is 11.8 Å². The van der Waals surface area contributed by atoms with Crippen molar-refractivity contribution in [1.29, 1.82) is 0 Å². The van der Waals surface area contributed by atoms with Gasteiger partial charge in [-0.05, 0) is 6.42 Å². The molecule has 21 heavy (non-hydrogen) atoms. The van der Waals surface area contributed by atoms with E-state index in [4.69, 9.17) is 0 Å². The van der Waals surface area contributed by atoms with Crippen LogP contribution in [0.5, 0.6) is 0 Å². The summed E-state index contributed by atoms with van der Waals surface area (Å²) in [6.07, 6.45) is 2.29.